The van der Waals surface area contributed by atoms with E-state index >= 15 is 0 Å². The lowest BCUT2D eigenvalue weighted by atomic mass is 10.2. The number of hydrogen-bond donors (Lipinski definition) is 0. The zero-order valence-corrected chi connectivity index (χ0v) is 20.8. The Hall–Kier alpha value is -1.04. The normalized spacial score (nSPS) is 16.0. The first-order valence-corrected chi connectivity index (χ1v) is 15.9. The Labute approximate surface area is 192 Å². The summed E-state index contributed by atoms with van der Waals surface area (Å²) < 4.78 is 56.5. The van der Waals surface area contributed by atoms with Crippen LogP contribution in [0.2, 0.25) is 0 Å². The Kier molecular flexibility index (Phi) is 8.51. The van der Waals surface area contributed by atoms with Crippen molar-refractivity contribution in [1.82, 2.24) is 4.90 Å². The fraction of sp³-hybridized carbons (Fsp3) is 0.429. The molecule has 10 heteroatoms. The first-order chi connectivity index (χ1) is 14.7. The summed E-state index contributed by atoms with van der Waals surface area (Å²) in [5.41, 5.74) is 1.99. The van der Waals surface area contributed by atoms with Crippen molar-refractivity contribution in [1.29, 1.82) is 0 Å². The lowest BCUT2D eigenvalue weighted by Gasteiger charge is -2.33. The van der Waals surface area contributed by atoms with Crippen molar-refractivity contribution in [3.8, 4) is 0 Å². The van der Waals surface area contributed by atoms with Gasteiger partial charge in [0.1, 0.15) is 0 Å². The molecular weight excluding hydrogens is 475 g/mol. The standard InChI is InChI=1S/C21H27NO5S4/c1-17-3-7-20(8-4-17)30(23,24)28-15-19(22-11-13-27-14-12-22)16-29-31(25,26)21-9-5-18(2)6-10-21/h3-10,19H,11-16H2,1-2H3. The highest BCUT2D eigenvalue weighted by Gasteiger charge is 2.27. The van der Waals surface area contributed by atoms with Crippen molar-refractivity contribution < 1.29 is 21.6 Å². The summed E-state index contributed by atoms with van der Waals surface area (Å²) in [4.78, 5) is 2.66. The van der Waals surface area contributed by atoms with Crippen LogP contribution in [-0.4, -0.2) is 65.6 Å². The minimum absolute atomic E-state index is 0.209. The van der Waals surface area contributed by atoms with Gasteiger partial charge in [0, 0.05) is 30.6 Å². The van der Waals surface area contributed by atoms with Gasteiger partial charge in [-0.25, -0.2) is 16.8 Å². The fourth-order valence-corrected chi connectivity index (χ4v) is 9.27. The third kappa shape index (κ3) is 6.97. The van der Waals surface area contributed by atoms with Crippen LogP contribution in [0.1, 0.15) is 11.1 Å². The molecule has 3 rings (SSSR count). The minimum atomic E-state index is -3.52. The predicted octanol–water partition coefficient (Wildman–Crippen LogP) is 3.55. The summed E-state index contributed by atoms with van der Waals surface area (Å²) in [5.74, 6) is 0.569. The van der Waals surface area contributed by atoms with Crippen LogP contribution in [0.15, 0.2) is 58.3 Å². The molecule has 0 bridgehead atoms. The van der Waals surface area contributed by atoms with Gasteiger partial charge in [-0.15, -0.1) is 0 Å². The highest BCUT2D eigenvalue weighted by atomic mass is 33.1. The van der Waals surface area contributed by atoms with E-state index in [1.807, 2.05) is 13.8 Å². The van der Waals surface area contributed by atoms with Gasteiger partial charge in [-0.2, -0.15) is 0 Å². The van der Waals surface area contributed by atoms with Gasteiger partial charge >= 0.3 is 0 Å². The molecule has 2 aromatic carbocycles. The summed E-state index contributed by atoms with van der Waals surface area (Å²) in [5, 5.41) is 0. The SMILES string of the molecule is Cc1ccc(S(=O)(=O)SCC(CSS(=O)(=O)c2ccc(C)cc2)N2CCOCC2)cc1. The first-order valence-electron chi connectivity index (χ1n) is 9.91. The van der Waals surface area contributed by atoms with Gasteiger partial charge < -0.3 is 4.74 Å². The van der Waals surface area contributed by atoms with E-state index in [9.17, 15) is 16.8 Å². The second kappa shape index (κ2) is 10.7. The molecule has 0 spiro atoms. The van der Waals surface area contributed by atoms with Crippen molar-refractivity contribution in [2.45, 2.75) is 29.7 Å². The second-order valence-corrected chi connectivity index (χ2v) is 15.4. The Morgan fingerprint density at radius 1 is 0.774 bits per heavy atom. The summed E-state index contributed by atoms with van der Waals surface area (Å²) in [6, 6.07) is 13.3. The molecule has 1 fully saturated rings. The van der Waals surface area contributed by atoms with E-state index in [2.05, 4.69) is 4.90 Å². The van der Waals surface area contributed by atoms with Gasteiger partial charge in [0.15, 0.2) is 0 Å². The Morgan fingerprint density at radius 3 is 1.55 bits per heavy atom. The Morgan fingerprint density at radius 2 is 1.16 bits per heavy atom. The molecular formula is C21H27NO5S4. The molecule has 1 aliphatic heterocycles. The quantitative estimate of drug-likeness (QED) is 0.483. The highest BCUT2D eigenvalue weighted by molar-refractivity contribution is 8.72. The van der Waals surface area contributed by atoms with Gasteiger partial charge in [-0.3, -0.25) is 4.90 Å². The Balaban J connectivity index is 1.70. The maximum atomic E-state index is 12.8. The van der Waals surface area contributed by atoms with E-state index in [0.29, 0.717) is 26.3 Å². The molecule has 6 nitrogen and oxygen atoms in total. The zero-order chi connectivity index (χ0) is 22.5. The summed E-state index contributed by atoms with van der Waals surface area (Å²) >= 11 is 0. The molecule has 1 saturated heterocycles. The van der Waals surface area contributed by atoms with Gasteiger partial charge in [0.25, 0.3) is 0 Å². The Bertz CT molecular complexity index is 982. The third-order valence-electron chi connectivity index (χ3n) is 5.01. The molecule has 31 heavy (non-hydrogen) atoms. The molecule has 0 aromatic heterocycles. The monoisotopic (exact) mass is 501 g/mol. The van der Waals surface area contributed by atoms with E-state index in [-0.39, 0.29) is 27.3 Å². The number of aryl methyl sites for hydroxylation is 2. The van der Waals surface area contributed by atoms with E-state index in [4.69, 9.17) is 4.74 Å². The molecule has 0 atom stereocenters. The smallest absolute Gasteiger partial charge is 0.230 e. The van der Waals surface area contributed by atoms with Crippen LogP contribution >= 0.6 is 21.6 Å². The lowest BCUT2D eigenvalue weighted by Crippen LogP contribution is -2.46. The lowest BCUT2D eigenvalue weighted by molar-refractivity contribution is 0.0255. The van der Waals surface area contributed by atoms with Gasteiger partial charge in [0.05, 0.1) is 23.0 Å². The molecule has 0 radical (unpaired) electrons. The van der Waals surface area contributed by atoms with Crippen LogP contribution in [-0.2, 0) is 22.5 Å². The minimum Gasteiger partial charge on any atom is -0.379 e. The molecule has 170 valence electrons. The molecule has 1 heterocycles. The summed E-state index contributed by atoms with van der Waals surface area (Å²) in [7, 11) is -5.30. The van der Waals surface area contributed by atoms with Crippen LogP contribution in [0.5, 0.6) is 0 Å². The van der Waals surface area contributed by atoms with Gasteiger partial charge in [0.2, 0.25) is 17.7 Å². The second-order valence-electron chi connectivity index (χ2n) is 7.41. The molecule has 2 aromatic rings. The zero-order valence-electron chi connectivity index (χ0n) is 17.6. The average molecular weight is 502 g/mol. The van der Waals surface area contributed by atoms with Crippen molar-refractivity contribution in [3.63, 3.8) is 0 Å². The largest absolute Gasteiger partial charge is 0.379 e. The third-order valence-corrected chi connectivity index (χ3v) is 12.2. The van der Waals surface area contributed by atoms with Crippen molar-refractivity contribution >= 4 is 39.3 Å². The molecule has 0 amide bonds. The van der Waals surface area contributed by atoms with Crippen LogP contribution < -0.4 is 0 Å². The van der Waals surface area contributed by atoms with Crippen LogP contribution in [0.4, 0.5) is 0 Å². The number of hydrogen-bond acceptors (Lipinski definition) is 8. The van der Waals surface area contributed by atoms with Gasteiger partial charge in [-0.05, 0) is 59.7 Å². The molecule has 0 unspecified atom stereocenters. The van der Waals surface area contributed by atoms with Crippen molar-refractivity contribution in [2.24, 2.45) is 0 Å². The van der Waals surface area contributed by atoms with Crippen molar-refractivity contribution in [2.75, 3.05) is 37.8 Å². The number of ether oxygens (including phenoxy) is 1. The maximum Gasteiger partial charge on any atom is 0.230 e. The predicted molar refractivity (Wildman–Crippen MR) is 128 cm³/mol. The van der Waals surface area contributed by atoms with Crippen molar-refractivity contribution in [3.05, 3.63) is 59.7 Å². The number of benzene rings is 2. The summed E-state index contributed by atoms with van der Waals surface area (Å²) in [6.45, 7) is 6.23. The van der Waals surface area contributed by atoms with Gasteiger partial charge in [-0.1, -0.05) is 35.4 Å². The van der Waals surface area contributed by atoms with E-state index < -0.39 is 17.7 Å². The highest BCUT2D eigenvalue weighted by Crippen LogP contribution is 2.29. The maximum absolute atomic E-state index is 12.8. The number of rotatable bonds is 9. The average Bonchev–Trinajstić information content (AvgIpc) is 2.75. The first kappa shape index (κ1) is 24.6. The van der Waals surface area contributed by atoms with E-state index in [1.54, 1.807) is 48.5 Å². The van der Waals surface area contributed by atoms with Crippen LogP contribution in [0.25, 0.3) is 0 Å². The molecule has 0 saturated carbocycles. The molecule has 0 N–H and O–H groups in total. The van der Waals surface area contributed by atoms with E-state index in [0.717, 1.165) is 32.7 Å². The van der Waals surface area contributed by atoms with Crippen LogP contribution in [0, 0.1) is 13.8 Å². The fourth-order valence-electron chi connectivity index (χ4n) is 3.08. The molecule has 0 aliphatic carbocycles. The summed E-state index contributed by atoms with van der Waals surface area (Å²) in [6.07, 6.45) is 0. The topological polar surface area (TPSA) is 80.8 Å². The van der Waals surface area contributed by atoms with E-state index in [1.165, 1.54) is 0 Å². The molecule has 1 aliphatic rings. The van der Waals surface area contributed by atoms with Crippen LogP contribution in [0.3, 0.4) is 0 Å². The number of morpholine rings is 1. The number of nitrogens with zero attached hydrogens (tertiary/aromatic N) is 1.